The molecule has 0 bridgehead atoms. The molecule has 3 aromatic carbocycles. The van der Waals surface area contributed by atoms with E-state index < -0.39 is 6.04 Å². The van der Waals surface area contributed by atoms with E-state index in [0.29, 0.717) is 22.9 Å². The van der Waals surface area contributed by atoms with Crippen LogP contribution in [0.15, 0.2) is 71.9 Å². The molecule has 1 amide bonds. The van der Waals surface area contributed by atoms with Crippen LogP contribution in [0.4, 0.5) is 0 Å². The topological polar surface area (TPSA) is 78.3 Å². The number of thioether (sulfide) groups is 1. The summed E-state index contributed by atoms with van der Waals surface area (Å²) in [6.45, 7) is 6.06. The number of methoxy groups -OCH3 is 2. The van der Waals surface area contributed by atoms with Crippen molar-refractivity contribution in [2.45, 2.75) is 37.7 Å². The van der Waals surface area contributed by atoms with E-state index in [1.807, 2.05) is 35.8 Å². The predicted octanol–water partition coefficient (Wildman–Crippen LogP) is 5.68. The van der Waals surface area contributed by atoms with E-state index in [0.717, 1.165) is 22.2 Å². The number of nitrogens with one attached hydrogen (secondary N) is 1. The molecular formula is C28H30N4O3S. The van der Waals surface area contributed by atoms with Crippen molar-refractivity contribution in [3.8, 4) is 17.2 Å². The number of amides is 1. The molecule has 7 nitrogen and oxygen atoms in total. The molecule has 1 heterocycles. The average Bonchev–Trinajstić information content (AvgIpc) is 3.32. The highest BCUT2D eigenvalue weighted by Gasteiger charge is 2.23. The number of nitrogens with zero attached hydrogens (tertiary/aromatic N) is 3. The van der Waals surface area contributed by atoms with E-state index in [1.165, 1.54) is 18.2 Å². The number of aromatic nitrogens is 3. The fourth-order valence-corrected chi connectivity index (χ4v) is 4.87. The van der Waals surface area contributed by atoms with Crippen molar-refractivity contribution in [2.75, 3.05) is 14.2 Å². The molecule has 0 radical (unpaired) electrons. The molecule has 8 heteroatoms. The van der Waals surface area contributed by atoms with Gasteiger partial charge in [-0.3, -0.25) is 9.36 Å². The van der Waals surface area contributed by atoms with Gasteiger partial charge in [-0.05, 0) is 56.2 Å². The molecule has 1 aromatic heterocycles. The monoisotopic (exact) mass is 502 g/mol. The molecule has 4 aromatic rings. The van der Waals surface area contributed by atoms with Gasteiger partial charge in [-0.1, -0.05) is 53.7 Å². The second kappa shape index (κ2) is 11.3. The highest BCUT2D eigenvalue weighted by atomic mass is 32.2. The Hall–Kier alpha value is -3.78. The number of carbonyl (C=O) groups is 1. The molecule has 36 heavy (non-hydrogen) atoms. The first kappa shape index (κ1) is 25.3. The molecule has 1 atom stereocenters. The van der Waals surface area contributed by atoms with Crippen molar-refractivity contribution in [1.82, 2.24) is 20.1 Å². The standard InChI is InChI=1S/C28H30N4O3S/c1-18-10-12-22(13-11-18)32-26(30-31-28(32)36-17-21-9-7-6-8-19(21)2)20(3)29-27(33)24-15-14-23(34-4)16-25(24)35-5/h6-16,20H,17H2,1-5H3,(H,29,33). The van der Waals surface area contributed by atoms with Crippen molar-refractivity contribution >= 4 is 17.7 Å². The van der Waals surface area contributed by atoms with Gasteiger partial charge in [-0.2, -0.15) is 0 Å². The Morgan fingerprint density at radius 1 is 1.00 bits per heavy atom. The minimum Gasteiger partial charge on any atom is -0.497 e. The lowest BCUT2D eigenvalue weighted by Crippen LogP contribution is -2.29. The third-order valence-electron chi connectivity index (χ3n) is 5.96. The lowest BCUT2D eigenvalue weighted by Gasteiger charge is -2.17. The van der Waals surface area contributed by atoms with E-state index in [2.05, 4.69) is 53.6 Å². The van der Waals surface area contributed by atoms with Crippen molar-refractivity contribution in [2.24, 2.45) is 0 Å². The van der Waals surface area contributed by atoms with Crippen molar-refractivity contribution in [1.29, 1.82) is 0 Å². The van der Waals surface area contributed by atoms with Crippen LogP contribution >= 0.6 is 11.8 Å². The number of aryl methyl sites for hydroxylation is 2. The van der Waals surface area contributed by atoms with Gasteiger partial charge in [0.05, 0.1) is 25.8 Å². The predicted molar refractivity (Wildman–Crippen MR) is 142 cm³/mol. The Bertz CT molecular complexity index is 1350. The molecule has 0 aliphatic rings. The van der Waals surface area contributed by atoms with E-state index in [1.54, 1.807) is 37.1 Å². The molecule has 1 N–H and O–H groups in total. The highest BCUT2D eigenvalue weighted by molar-refractivity contribution is 7.98. The van der Waals surface area contributed by atoms with Crippen molar-refractivity contribution in [3.05, 3.63) is 94.8 Å². The van der Waals surface area contributed by atoms with Gasteiger partial charge in [0.25, 0.3) is 5.91 Å². The summed E-state index contributed by atoms with van der Waals surface area (Å²) in [7, 11) is 3.10. The number of benzene rings is 3. The second-order valence-corrected chi connectivity index (χ2v) is 9.43. The molecular weight excluding hydrogens is 472 g/mol. The summed E-state index contributed by atoms with van der Waals surface area (Å²) >= 11 is 1.62. The summed E-state index contributed by atoms with van der Waals surface area (Å²) < 4.78 is 12.7. The molecule has 0 fully saturated rings. The van der Waals surface area contributed by atoms with Crippen LogP contribution < -0.4 is 14.8 Å². The van der Waals surface area contributed by atoms with Crippen LogP contribution in [0.3, 0.4) is 0 Å². The Kier molecular flexibility index (Phi) is 7.95. The third kappa shape index (κ3) is 5.54. The minimum absolute atomic E-state index is 0.269. The Morgan fingerprint density at radius 3 is 2.44 bits per heavy atom. The first-order chi connectivity index (χ1) is 17.4. The van der Waals surface area contributed by atoms with Gasteiger partial charge in [0.15, 0.2) is 11.0 Å². The van der Waals surface area contributed by atoms with Crippen molar-refractivity contribution in [3.63, 3.8) is 0 Å². The number of ether oxygens (including phenoxy) is 2. The van der Waals surface area contributed by atoms with Gasteiger partial charge in [0.1, 0.15) is 11.5 Å². The number of rotatable bonds is 9. The lowest BCUT2D eigenvalue weighted by molar-refractivity contribution is 0.0935. The first-order valence-electron chi connectivity index (χ1n) is 11.6. The molecule has 4 rings (SSSR count). The fraction of sp³-hybridized carbons (Fsp3) is 0.250. The number of hydrogen-bond acceptors (Lipinski definition) is 6. The molecule has 186 valence electrons. The molecule has 0 saturated heterocycles. The SMILES string of the molecule is COc1ccc(C(=O)NC(C)c2nnc(SCc3ccccc3C)n2-c2ccc(C)cc2)c(OC)c1. The van der Waals surface area contributed by atoms with Gasteiger partial charge in [0, 0.05) is 17.5 Å². The number of carbonyl (C=O) groups excluding carboxylic acids is 1. The summed E-state index contributed by atoms with van der Waals surface area (Å²) in [6, 6.07) is 21.2. The Morgan fingerprint density at radius 2 is 1.75 bits per heavy atom. The smallest absolute Gasteiger partial charge is 0.255 e. The zero-order chi connectivity index (χ0) is 25.7. The molecule has 0 saturated carbocycles. The van der Waals surface area contributed by atoms with Crippen LogP contribution in [0.2, 0.25) is 0 Å². The zero-order valence-corrected chi connectivity index (χ0v) is 21.9. The van der Waals surface area contributed by atoms with Crippen molar-refractivity contribution < 1.29 is 14.3 Å². The van der Waals surface area contributed by atoms with Crippen LogP contribution in [0.25, 0.3) is 5.69 Å². The normalized spacial score (nSPS) is 11.7. The van der Waals surface area contributed by atoms with E-state index >= 15 is 0 Å². The highest BCUT2D eigenvalue weighted by Crippen LogP contribution is 2.29. The molecule has 0 aliphatic carbocycles. The van der Waals surface area contributed by atoms with Crippen LogP contribution in [-0.2, 0) is 5.75 Å². The zero-order valence-electron chi connectivity index (χ0n) is 21.1. The maximum atomic E-state index is 13.2. The number of hydrogen-bond donors (Lipinski definition) is 1. The molecule has 0 aliphatic heterocycles. The summed E-state index contributed by atoms with van der Waals surface area (Å²) in [6.07, 6.45) is 0. The van der Waals surface area contributed by atoms with Gasteiger partial charge < -0.3 is 14.8 Å². The van der Waals surface area contributed by atoms with Crippen LogP contribution in [0, 0.1) is 13.8 Å². The third-order valence-corrected chi connectivity index (χ3v) is 6.93. The van der Waals surface area contributed by atoms with E-state index in [-0.39, 0.29) is 5.91 Å². The Labute approximate surface area is 215 Å². The fourth-order valence-electron chi connectivity index (χ4n) is 3.83. The molecule has 1 unspecified atom stereocenters. The summed E-state index contributed by atoms with van der Waals surface area (Å²) in [4.78, 5) is 13.2. The van der Waals surface area contributed by atoms with Gasteiger partial charge >= 0.3 is 0 Å². The summed E-state index contributed by atoms with van der Waals surface area (Å²) in [5.74, 6) is 2.20. The quantitative estimate of drug-likeness (QED) is 0.297. The maximum absolute atomic E-state index is 13.2. The van der Waals surface area contributed by atoms with E-state index in [9.17, 15) is 4.79 Å². The van der Waals surface area contributed by atoms with Crippen LogP contribution in [-0.4, -0.2) is 34.9 Å². The van der Waals surface area contributed by atoms with Crippen LogP contribution in [0.1, 0.15) is 45.8 Å². The maximum Gasteiger partial charge on any atom is 0.255 e. The van der Waals surface area contributed by atoms with Gasteiger partial charge in [-0.15, -0.1) is 10.2 Å². The largest absolute Gasteiger partial charge is 0.497 e. The second-order valence-electron chi connectivity index (χ2n) is 8.49. The van der Waals surface area contributed by atoms with Gasteiger partial charge in [-0.25, -0.2) is 0 Å². The lowest BCUT2D eigenvalue weighted by atomic mass is 10.1. The Balaban J connectivity index is 1.63. The van der Waals surface area contributed by atoms with E-state index in [4.69, 9.17) is 9.47 Å². The summed E-state index contributed by atoms with van der Waals surface area (Å²) in [5, 5.41) is 12.8. The average molecular weight is 503 g/mol. The van der Waals surface area contributed by atoms with Gasteiger partial charge in [0.2, 0.25) is 0 Å². The minimum atomic E-state index is -0.411. The molecule has 0 spiro atoms. The summed E-state index contributed by atoms with van der Waals surface area (Å²) in [5.41, 5.74) is 5.00. The van der Waals surface area contributed by atoms with Crippen LogP contribution in [0.5, 0.6) is 11.5 Å². The first-order valence-corrected chi connectivity index (χ1v) is 12.6.